The molecule has 0 aliphatic rings. The fraction of sp³-hybridized carbons (Fsp3) is 0. The summed E-state index contributed by atoms with van der Waals surface area (Å²) in [5.74, 6) is -0.193. The molecule has 0 amide bonds. The van der Waals surface area contributed by atoms with Gasteiger partial charge in [0, 0.05) is 28.2 Å². The van der Waals surface area contributed by atoms with Crippen molar-refractivity contribution in [3.05, 3.63) is 132 Å². The van der Waals surface area contributed by atoms with Crippen LogP contribution in [0.15, 0.2) is 115 Å². The van der Waals surface area contributed by atoms with Crippen LogP contribution in [0.1, 0.15) is 26.3 Å². The number of carbonyl (C=O) groups excluding carboxylic acids is 2. The number of allylic oxidation sites excluding steroid dienone is 1. The van der Waals surface area contributed by atoms with Crippen molar-refractivity contribution >= 4 is 35.2 Å². The molecule has 0 aromatic heterocycles. The van der Waals surface area contributed by atoms with E-state index in [2.05, 4.69) is 29.2 Å². The second kappa shape index (κ2) is 9.51. The Morgan fingerprint density at radius 3 is 1.71 bits per heavy atom. The molecule has 4 aromatic rings. The quantitative estimate of drug-likeness (QED) is 0.192. The van der Waals surface area contributed by atoms with Crippen molar-refractivity contribution in [1.82, 2.24) is 0 Å². The number of hydrogen-bond donors (Lipinski definition) is 0. The predicted molar refractivity (Wildman–Crippen MR) is 126 cm³/mol. The van der Waals surface area contributed by atoms with Crippen molar-refractivity contribution in [2.24, 2.45) is 0 Å². The maximum atomic E-state index is 12.5. The zero-order chi connectivity index (χ0) is 21.5. The molecule has 0 unspecified atom stereocenters. The third kappa shape index (κ3) is 4.68. The Bertz CT molecular complexity index is 1160. The first-order valence-corrected chi connectivity index (χ1v) is 10.0. The summed E-state index contributed by atoms with van der Waals surface area (Å²) in [5.41, 5.74) is 4.86. The summed E-state index contributed by atoms with van der Waals surface area (Å²) in [4.78, 5) is 25.8. The Hall–Kier alpha value is -4.24. The Labute approximate surface area is 181 Å². The smallest absolute Gasteiger partial charge is 0.186 e. The van der Waals surface area contributed by atoms with Gasteiger partial charge in [0.05, 0.1) is 0 Å². The molecule has 0 spiro atoms. The summed E-state index contributed by atoms with van der Waals surface area (Å²) >= 11 is 0. The van der Waals surface area contributed by atoms with Crippen LogP contribution in [-0.4, -0.2) is 12.1 Å². The van der Waals surface area contributed by atoms with Gasteiger partial charge in [-0.25, -0.2) is 0 Å². The summed E-state index contributed by atoms with van der Waals surface area (Å²) in [6, 6.07) is 35.2. The van der Waals surface area contributed by atoms with E-state index < -0.39 is 0 Å². The number of anilines is 3. The molecule has 0 aliphatic heterocycles. The van der Waals surface area contributed by atoms with E-state index in [0.29, 0.717) is 17.4 Å². The summed E-state index contributed by atoms with van der Waals surface area (Å²) in [5, 5.41) is 0. The van der Waals surface area contributed by atoms with Gasteiger partial charge in [0.25, 0.3) is 0 Å². The molecule has 0 bridgehead atoms. The predicted octanol–water partition coefficient (Wildman–Crippen LogP) is 6.87. The van der Waals surface area contributed by atoms with Gasteiger partial charge in [-0.2, -0.15) is 0 Å². The summed E-state index contributed by atoms with van der Waals surface area (Å²) < 4.78 is 0. The number of para-hydroxylation sites is 2. The maximum Gasteiger partial charge on any atom is 0.186 e. The molecule has 0 N–H and O–H groups in total. The van der Waals surface area contributed by atoms with Gasteiger partial charge in [-0.05, 0) is 48.0 Å². The Morgan fingerprint density at radius 1 is 0.613 bits per heavy atom. The first-order chi connectivity index (χ1) is 15.3. The van der Waals surface area contributed by atoms with Crippen LogP contribution in [-0.2, 0) is 0 Å². The summed E-state index contributed by atoms with van der Waals surface area (Å²) in [6.07, 6.45) is 3.98. The van der Waals surface area contributed by atoms with Crippen molar-refractivity contribution in [3.63, 3.8) is 0 Å². The molecule has 4 rings (SSSR count). The van der Waals surface area contributed by atoms with E-state index in [4.69, 9.17) is 0 Å². The molecule has 4 aromatic carbocycles. The van der Waals surface area contributed by atoms with Crippen molar-refractivity contribution < 1.29 is 9.59 Å². The molecule has 0 aliphatic carbocycles. The topological polar surface area (TPSA) is 37.4 Å². The first-order valence-electron chi connectivity index (χ1n) is 10.0. The van der Waals surface area contributed by atoms with Crippen LogP contribution in [0.2, 0.25) is 0 Å². The molecule has 0 atom stereocenters. The summed E-state index contributed by atoms with van der Waals surface area (Å²) in [7, 11) is 0. The van der Waals surface area contributed by atoms with Crippen molar-refractivity contribution in [3.8, 4) is 0 Å². The zero-order valence-electron chi connectivity index (χ0n) is 16.9. The lowest BCUT2D eigenvalue weighted by molar-refractivity contribution is 0.103. The van der Waals surface area contributed by atoms with E-state index >= 15 is 0 Å². The van der Waals surface area contributed by atoms with E-state index in [1.165, 1.54) is 6.08 Å². The Balaban J connectivity index is 1.60. The van der Waals surface area contributed by atoms with Gasteiger partial charge >= 0.3 is 0 Å². The second-order valence-electron chi connectivity index (χ2n) is 7.00. The van der Waals surface area contributed by atoms with Crippen LogP contribution in [0.5, 0.6) is 0 Å². The number of rotatable bonds is 7. The number of benzene rings is 4. The van der Waals surface area contributed by atoms with Crippen LogP contribution in [0.25, 0.3) is 6.08 Å². The van der Waals surface area contributed by atoms with Crippen LogP contribution in [0.3, 0.4) is 0 Å². The minimum absolute atomic E-state index is 0.193. The fourth-order valence-corrected chi connectivity index (χ4v) is 3.42. The highest BCUT2D eigenvalue weighted by Gasteiger charge is 2.11. The minimum Gasteiger partial charge on any atom is -0.311 e. The highest BCUT2D eigenvalue weighted by Crippen LogP contribution is 2.34. The molecular formula is C28H21NO2. The average molecular weight is 403 g/mol. The fourth-order valence-electron chi connectivity index (χ4n) is 3.42. The number of carbonyl (C=O) groups is 2. The highest BCUT2D eigenvalue weighted by atomic mass is 16.1. The van der Waals surface area contributed by atoms with Crippen molar-refractivity contribution in [2.45, 2.75) is 0 Å². The van der Waals surface area contributed by atoms with Gasteiger partial charge in [-0.15, -0.1) is 0 Å². The molecule has 0 fully saturated rings. The third-order valence-electron chi connectivity index (χ3n) is 4.96. The van der Waals surface area contributed by atoms with E-state index in [1.54, 1.807) is 30.3 Å². The van der Waals surface area contributed by atoms with Gasteiger partial charge in [0.15, 0.2) is 12.1 Å². The highest BCUT2D eigenvalue weighted by molar-refractivity contribution is 6.10. The van der Waals surface area contributed by atoms with E-state index in [9.17, 15) is 9.59 Å². The monoisotopic (exact) mass is 403 g/mol. The molecule has 0 radical (unpaired) electrons. The number of nitrogens with zero attached hydrogens (tertiary/aromatic N) is 1. The molecule has 31 heavy (non-hydrogen) atoms. The van der Waals surface area contributed by atoms with Crippen LogP contribution >= 0.6 is 0 Å². The van der Waals surface area contributed by atoms with Crippen molar-refractivity contribution in [1.29, 1.82) is 0 Å². The lowest BCUT2D eigenvalue weighted by atomic mass is 10.0. The zero-order valence-corrected chi connectivity index (χ0v) is 16.9. The van der Waals surface area contributed by atoms with Gasteiger partial charge < -0.3 is 4.90 Å². The molecule has 0 saturated heterocycles. The third-order valence-corrected chi connectivity index (χ3v) is 4.96. The molecular weight excluding hydrogens is 382 g/mol. The standard InChI is InChI=1S/C28H21NO2/c30-21-23-9-7-8-14-27(23)28(31)20-17-22-15-18-26(19-16-22)29(24-10-3-1-4-11-24)25-12-5-2-6-13-25/h1-21H/b20-17+. The van der Waals surface area contributed by atoms with Crippen LogP contribution in [0, 0.1) is 0 Å². The van der Waals surface area contributed by atoms with E-state index in [0.717, 1.165) is 22.6 Å². The number of aldehydes is 1. The summed E-state index contributed by atoms with van der Waals surface area (Å²) in [6.45, 7) is 0. The van der Waals surface area contributed by atoms with Gasteiger partial charge in [-0.3, -0.25) is 9.59 Å². The lowest BCUT2D eigenvalue weighted by Crippen LogP contribution is -2.09. The van der Waals surface area contributed by atoms with E-state index in [-0.39, 0.29) is 5.78 Å². The van der Waals surface area contributed by atoms with Crippen molar-refractivity contribution in [2.75, 3.05) is 4.90 Å². The van der Waals surface area contributed by atoms with Crippen LogP contribution in [0.4, 0.5) is 17.1 Å². The molecule has 150 valence electrons. The SMILES string of the molecule is O=Cc1ccccc1C(=O)/C=C/c1ccc(N(c2ccccc2)c2ccccc2)cc1. The maximum absolute atomic E-state index is 12.5. The largest absolute Gasteiger partial charge is 0.311 e. The number of hydrogen-bond acceptors (Lipinski definition) is 3. The molecule has 0 heterocycles. The Morgan fingerprint density at radius 2 is 1.13 bits per heavy atom. The molecule has 3 heteroatoms. The Kier molecular flexibility index (Phi) is 6.15. The normalized spacial score (nSPS) is 10.7. The molecule has 0 saturated carbocycles. The minimum atomic E-state index is -0.193. The number of ketones is 1. The van der Waals surface area contributed by atoms with Gasteiger partial charge in [-0.1, -0.05) is 78.9 Å². The lowest BCUT2D eigenvalue weighted by Gasteiger charge is -2.25. The molecule has 3 nitrogen and oxygen atoms in total. The van der Waals surface area contributed by atoms with Gasteiger partial charge in [0.1, 0.15) is 0 Å². The van der Waals surface area contributed by atoms with Crippen LogP contribution < -0.4 is 4.90 Å². The van der Waals surface area contributed by atoms with Gasteiger partial charge in [0.2, 0.25) is 0 Å². The second-order valence-corrected chi connectivity index (χ2v) is 7.00. The van der Waals surface area contributed by atoms with E-state index in [1.807, 2.05) is 60.7 Å². The first kappa shape index (κ1) is 20.0. The average Bonchev–Trinajstić information content (AvgIpc) is 2.85.